The number of carbonyl (C=O) groups excluding carboxylic acids is 1. The summed E-state index contributed by atoms with van der Waals surface area (Å²) < 4.78 is 43.8. The van der Waals surface area contributed by atoms with E-state index < -0.39 is 10.0 Å². The van der Waals surface area contributed by atoms with Crippen LogP contribution in [0.4, 0.5) is 11.4 Å². The van der Waals surface area contributed by atoms with Crippen LogP contribution in [0.5, 0.6) is 17.2 Å². The van der Waals surface area contributed by atoms with Crippen molar-refractivity contribution in [1.29, 1.82) is 0 Å². The number of nitrogens with one attached hydrogen (secondary N) is 2. The summed E-state index contributed by atoms with van der Waals surface area (Å²) in [5.74, 6) is 0.669. The third-order valence-electron chi connectivity index (χ3n) is 4.42. The molecule has 0 aromatic heterocycles. The van der Waals surface area contributed by atoms with Crippen LogP contribution in [0.25, 0.3) is 0 Å². The van der Waals surface area contributed by atoms with E-state index in [0.29, 0.717) is 17.0 Å². The van der Waals surface area contributed by atoms with Crippen LogP contribution in [-0.4, -0.2) is 35.7 Å². The van der Waals surface area contributed by atoms with E-state index in [-0.39, 0.29) is 28.0 Å². The lowest BCUT2D eigenvalue weighted by molar-refractivity contribution is 0.102. The van der Waals surface area contributed by atoms with Crippen molar-refractivity contribution in [3.05, 3.63) is 72.3 Å². The molecule has 9 heteroatoms. The van der Waals surface area contributed by atoms with Gasteiger partial charge in [0, 0.05) is 17.7 Å². The van der Waals surface area contributed by atoms with Crippen LogP contribution in [-0.2, 0) is 10.0 Å². The molecule has 0 spiro atoms. The molecule has 2 N–H and O–H groups in total. The first-order valence-electron chi connectivity index (χ1n) is 9.17. The Morgan fingerprint density at radius 1 is 0.774 bits per heavy atom. The summed E-state index contributed by atoms with van der Waals surface area (Å²) in [6, 6.07) is 17.6. The molecule has 0 unspecified atom stereocenters. The average Bonchev–Trinajstić information content (AvgIpc) is 2.80. The lowest BCUT2D eigenvalue weighted by atomic mass is 10.2. The van der Waals surface area contributed by atoms with Crippen molar-refractivity contribution in [3.63, 3.8) is 0 Å². The van der Waals surface area contributed by atoms with Gasteiger partial charge in [-0.1, -0.05) is 18.2 Å². The SMILES string of the molecule is COc1ccc(S(=O)(=O)Nc2cc(OC)c(NC(=O)c3ccccc3)cc2OC)cc1. The van der Waals surface area contributed by atoms with Gasteiger partial charge in [-0.3, -0.25) is 9.52 Å². The third-order valence-corrected chi connectivity index (χ3v) is 5.80. The molecule has 0 aliphatic heterocycles. The number of sulfonamides is 1. The van der Waals surface area contributed by atoms with Gasteiger partial charge in [-0.05, 0) is 36.4 Å². The normalized spacial score (nSPS) is 10.8. The molecule has 3 aromatic rings. The molecule has 0 saturated carbocycles. The second-order valence-electron chi connectivity index (χ2n) is 6.35. The van der Waals surface area contributed by atoms with E-state index in [1.54, 1.807) is 36.4 Å². The number of methoxy groups -OCH3 is 3. The summed E-state index contributed by atoms with van der Waals surface area (Å²) in [6.07, 6.45) is 0. The summed E-state index contributed by atoms with van der Waals surface area (Å²) in [7, 11) is 0.411. The Morgan fingerprint density at radius 2 is 1.35 bits per heavy atom. The maximum absolute atomic E-state index is 12.8. The molecule has 0 saturated heterocycles. The zero-order valence-electron chi connectivity index (χ0n) is 17.2. The van der Waals surface area contributed by atoms with Gasteiger partial charge in [0.1, 0.15) is 17.2 Å². The van der Waals surface area contributed by atoms with E-state index in [1.807, 2.05) is 6.07 Å². The summed E-state index contributed by atoms with van der Waals surface area (Å²) in [5, 5.41) is 2.75. The predicted molar refractivity (Wildman–Crippen MR) is 118 cm³/mol. The van der Waals surface area contributed by atoms with Gasteiger partial charge < -0.3 is 19.5 Å². The maximum Gasteiger partial charge on any atom is 0.262 e. The molecule has 0 atom stereocenters. The first-order valence-corrected chi connectivity index (χ1v) is 10.7. The largest absolute Gasteiger partial charge is 0.497 e. The molecule has 8 nitrogen and oxygen atoms in total. The van der Waals surface area contributed by atoms with Crippen molar-refractivity contribution in [2.75, 3.05) is 31.4 Å². The van der Waals surface area contributed by atoms with Crippen LogP contribution in [0.15, 0.2) is 71.6 Å². The molecule has 0 aliphatic rings. The molecule has 31 heavy (non-hydrogen) atoms. The lowest BCUT2D eigenvalue weighted by Crippen LogP contribution is -2.15. The zero-order valence-corrected chi connectivity index (χ0v) is 18.0. The van der Waals surface area contributed by atoms with Crippen LogP contribution in [0.3, 0.4) is 0 Å². The number of benzene rings is 3. The molecule has 0 fully saturated rings. The summed E-state index contributed by atoms with van der Waals surface area (Å²) in [5.41, 5.74) is 0.960. The molecule has 0 heterocycles. The minimum absolute atomic E-state index is 0.0516. The van der Waals surface area contributed by atoms with Crippen molar-refractivity contribution >= 4 is 27.3 Å². The molecule has 3 rings (SSSR count). The van der Waals surface area contributed by atoms with Crippen LogP contribution in [0, 0.1) is 0 Å². The summed E-state index contributed by atoms with van der Waals surface area (Å²) >= 11 is 0. The number of rotatable bonds is 8. The van der Waals surface area contributed by atoms with E-state index in [1.165, 1.54) is 45.6 Å². The minimum atomic E-state index is -3.90. The highest BCUT2D eigenvalue weighted by molar-refractivity contribution is 7.92. The van der Waals surface area contributed by atoms with Crippen LogP contribution in [0.1, 0.15) is 10.4 Å². The van der Waals surface area contributed by atoms with E-state index in [0.717, 1.165) is 0 Å². The highest BCUT2D eigenvalue weighted by Crippen LogP contribution is 2.37. The Labute approximate surface area is 180 Å². The summed E-state index contributed by atoms with van der Waals surface area (Å²) in [4.78, 5) is 12.6. The maximum atomic E-state index is 12.8. The van der Waals surface area contributed by atoms with Crippen LogP contribution >= 0.6 is 0 Å². The molecule has 0 radical (unpaired) electrons. The monoisotopic (exact) mass is 442 g/mol. The Bertz CT molecular complexity index is 1160. The fourth-order valence-corrected chi connectivity index (χ4v) is 3.88. The minimum Gasteiger partial charge on any atom is -0.497 e. The number of hydrogen-bond donors (Lipinski definition) is 2. The lowest BCUT2D eigenvalue weighted by Gasteiger charge is -2.17. The molecule has 162 valence electrons. The Balaban J connectivity index is 1.91. The smallest absolute Gasteiger partial charge is 0.262 e. The van der Waals surface area contributed by atoms with Crippen molar-refractivity contribution in [3.8, 4) is 17.2 Å². The first kappa shape index (κ1) is 22.0. The number of hydrogen-bond acceptors (Lipinski definition) is 6. The Kier molecular flexibility index (Phi) is 6.66. The molecule has 3 aromatic carbocycles. The second kappa shape index (κ2) is 9.40. The fraction of sp³-hybridized carbons (Fsp3) is 0.136. The predicted octanol–water partition coefficient (Wildman–Crippen LogP) is 3.77. The molecular weight excluding hydrogens is 420 g/mol. The molecule has 0 bridgehead atoms. The Hall–Kier alpha value is -3.72. The quantitative estimate of drug-likeness (QED) is 0.551. The van der Waals surface area contributed by atoms with Gasteiger partial charge in [0.15, 0.2) is 0 Å². The molecule has 0 aliphatic carbocycles. The van der Waals surface area contributed by atoms with Gasteiger partial charge in [0.2, 0.25) is 0 Å². The van der Waals surface area contributed by atoms with E-state index in [4.69, 9.17) is 14.2 Å². The number of anilines is 2. The van der Waals surface area contributed by atoms with E-state index in [2.05, 4.69) is 10.0 Å². The van der Waals surface area contributed by atoms with Gasteiger partial charge >= 0.3 is 0 Å². The van der Waals surface area contributed by atoms with Crippen LogP contribution < -0.4 is 24.2 Å². The first-order chi connectivity index (χ1) is 14.9. The van der Waals surface area contributed by atoms with Gasteiger partial charge in [0.25, 0.3) is 15.9 Å². The van der Waals surface area contributed by atoms with Gasteiger partial charge in [0.05, 0.1) is 37.6 Å². The van der Waals surface area contributed by atoms with E-state index in [9.17, 15) is 13.2 Å². The number of amides is 1. The Morgan fingerprint density at radius 3 is 1.94 bits per heavy atom. The average molecular weight is 442 g/mol. The standard InChI is InChI=1S/C22H22N2O6S/c1-28-16-9-11-17(12-10-16)31(26,27)24-19-14-20(29-2)18(13-21(19)30-3)23-22(25)15-7-5-4-6-8-15/h4-14,24H,1-3H3,(H,23,25). The third kappa shape index (κ3) is 5.07. The van der Waals surface area contributed by atoms with Crippen molar-refractivity contribution in [2.24, 2.45) is 0 Å². The van der Waals surface area contributed by atoms with E-state index >= 15 is 0 Å². The zero-order chi connectivity index (χ0) is 22.4. The molecule has 1 amide bonds. The second-order valence-corrected chi connectivity index (χ2v) is 8.04. The van der Waals surface area contributed by atoms with Crippen molar-refractivity contribution < 1.29 is 27.4 Å². The number of carbonyl (C=O) groups is 1. The topological polar surface area (TPSA) is 103 Å². The highest BCUT2D eigenvalue weighted by Gasteiger charge is 2.20. The van der Waals surface area contributed by atoms with Crippen LogP contribution in [0.2, 0.25) is 0 Å². The van der Waals surface area contributed by atoms with Crippen molar-refractivity contribution in [1.82, 2.24) is 0 Å². The number of ether oxygens (including phenoxy) is 3. The summed E-state index contributed by atoms with van der Waals surface area (Å²) in [6.45, 7) is 0. The van der Waals surface area contributed by atoms with Gasteiger partial charge in [-0.2, -0.15) is 0 Å². The van der Waals surface area contributed by atoms with Gasteiger partial charge in [-0.25, -0.2) is 8.42 Å². The van der Waals surface area contributed by atoms with Crippen molar-refractivity contribution in [2.45, 2.75) is 4.90 Å². The highest BCUT2D eigenvalue weighted by atomic mass is 32.2. The molecular formula is C22H22N2O6S. The van der Waals surface area contributed by atoms with Gasteiger partial charge in [-0.15, -0.1) is 0 Å². The fourth-order valence-electron chi connectivity index (χ4n) is 2.82.